The second kappa shape index (κ2) is 7.49. The first kappa shape index (κ1) is 18.0. The molecule has 0 aliphatic carbocycles. The molecule has 9 nitrogen and oxygen atoms in total. The summed E-state index contributed by atoms with van der Waals surface area (Å²) in [5.41, 5.74) is -0.764. The van der Waals surface area contributed by atoms with E-state index in [9.17, 15) is 30.1 Å². The molecular formula is C16H15N3O6. The lowest BCUT2D eigenvalue weighted by Gasteiger charge is -2.20. The van der Waals surface area contributed by atoms with Crippen LogP contribution < -0.4 is 5.32 Å². The summed E-state index contributed by atoms with van der Waals surface area (Å²) in [4.78, 5) is 32.4. The fraction of sp³-hybridized carbons (Fsp3) is 0.188. The summed E-state index contributed by atoms with van der Waals surface area (Å²) in [5, 5.41) is 34.5. The van der Waals surface area contributed by atoms with Gasteiger partial charge >= 0.3 is 0 Å². The molecule has 1 amide bonds. The predicted octanol–water partition coefficient (Wildman–Crippen LogP) is 2.35. The summed E-state index contributed by atoms with van der Waals surface area (Å²) in [6.07, 6.45) is -1.00. The molecule has 0 fully saturated rings. The highest BCUT2D eigenvalue weighted by molar-refractivity contribution is 5.95. The van der Waals surface area contributed by atoms with Crippen molar-refractivity contribution < 1.29 is 19.7 Å². The van der Waals surface area contributed by atoms with Crippen LogP contribution in [0.15, 0.2) is 48.5 Å². The van der Waals surface area contributed by atoms with Crippen LogP contribution in [-0.4, -0.2) is 26.9 Å². The Morgan fingerprint density at radius 1 is 1.04 bits per heavy atom. The van der Waals surface area contributed by atoms with Gasteiger partial charge in [0, 0.05) is 12.1 Å². The highest BCUT2D eigenvalue weighted by Crippen LogP contribution is 2.23. The van der Waals surface area contributed by atoms with Crippen molar-refractivity contribution in [1.82, 2.24) is 5.32 Å². The van der Waals surface area contributed by atoms with Gasteiger partial charge in [-0.1, -0.05) is 30.3 Å². The highest BCUT2D eigenvalue weighted by Gasteiger charge is 2.23. The number of benzene rings is 2. The zero-order valence-electron chi connectivity index (χ0n) is 13.2. The fourth-order valence-electron chi connectivity index (χ4n) is 2.25. The zero-order chi connectivity index (χ0) is 18.6. The van der Waals surface area contributed by atoms with Gasteiger partial charge in [-0.2, -0.15) is 0 Å². The van der Waals surface area contributed by atoms with Gasteiger partial charge in [-0.3, -0.25) is 25.0 Å². The first-order valence-electron chi connectivity index (χ1n) is 7.27. The molecule has 0 aromatic heterocycles. The molecule has 0 saturated carbocycles. The van der Waals surface area contributed by atoms with Crippen LogP contribution in [0.5, 0.6) is 0 Å². The summed E-state index contributed by atoms with van der Waals surface area (Å²) in [6.45, 7) is 1.56. The Hall–Kier alpha value is -3.33. The van der Waals surface area contributed by atoms with Crippen LogP contribution in [0.4, 0.5) is 11.4 Å². The van der Waals surface area contributed by atoms with Gasteiger partial charge in [0.15, 0.2) is 0 Å². The molecule has 0 saturated heterocycles. The number of aliphatic hydroxyl groups is 1. The van der Waals surface area contributed by atoms with Crippen molar-refractivity contribution in [3.8, 4) is 0 Å². The van der Waals surface area contributed by atoms with E-state index in [1.54, 1.807) is 37.3 Å². The molecule has 0 unspecified atom stereocenters. The molecule has 25 heavy (non-hydrogen) atoms. The molecule has 2 aromatic rings. The van der Waals surface area contributed by atoms with E-state index in [4.69, 9.17) is 0 Å². The lowest BCUT2D eigenvalue weighted by molar-refractivity contribution is -0.394. The predicted molar refractivity (Wildman–Crippen MR) is 88.1 cm³/mol. The monoisotopic (exact) mass is 345 g/mol. The van der Waals surface area contributed by atoms with E-state index in [0.29, 0.717) is 5.56 Å². The number of hydrogen-bond acceptors (Lipinski definition) is 6. The average Bonchev–Trinajstić information content (AvgIpc) is 2.61. The first-order chi connectivity index (χ1) is 11.8. The SMILES string of the molecule is C[C@@H](NC(=O)c1cc([N+](=O)[O-])cc([N+](=O)[O-])c1)[C@H](O)c1ccccc1. The minimum atomic E-state index is -1.00. The average molecular weight is 345 g/mol. The molecule has 0 heterocycles. The van der Waals surface area contributed by atoms with Crippen LogP contribution in [0.3, 0.4) is 0 Å². The molecule has 0 bridgehead atoms. The molecule has 0 radical (unpaired) electrons. The van der Waals surface area contributed by atoms with Crippen LogP contribution in [-0.2, 0) is 0 Å². The number of rotatable bonds is 6. The number of carbonyl (C=O) groups excluding carboxylic acids is 1. The van der Waals surface area contributed by atoms with Gasteiger partial charge in [0.2, 0.25) is 0 Å². The molecule has 0 aliphatic rings. The zero-order valence-corrected chi connectivity index (χ0v) is 13.2. The maximum Gasteiger partial charge on any atom is 0.277 e. The van der Waals surface area contributed by atoms with E-state index < -0.39 is 39.3 Å². The van der Waals surface area contributed by atoms with Gasteiger partial charge in [0.1, 0.15) is 0 Å². The third-order valence-electron chi connectivity index (χ3n) is 3.56. The molecule has 0 spiro atoms. The summed E-state index contributed by atoms with van der Waals surface area (Å²) < 4.78 is 0. The van der Waals surface area contributed by atoms with Crippen molar-refractivity contribution in [2.75, 3.05) is 0 Å². The maximum absolute atomic E-state index is 12.3. The standard InChI is InChI=1S/C16H15N3O6/c1-10(15(20)11-5-3-2-4-6-11)17-16(21)12-7-13(18(22)23)9-14(8-12)19(24)25/h2-10,15,20H,1H3,(H,17,21)/t10-,15+/m1/s1. The quantitative estimate of drug-likeness (QED) is 0.609. The smallest absolute Gasteiger partial charge is 0.277 e. The second-order valence-corrected chi connectivity index (χ2v) is 5.37. The van der Waals surface area contributed by atoms with Gasteiger partial charge in [-0.15, -0.1) is 0 Å². The summed E-state index contributed by atoms with van der Waals surface area (Å²) in [6, 6.07) is 10.6. The maximum atomic E-state index is 12.3. The van der Waals surface area contributed by atoms with Crippen LogP contribution in [0.25, 0.3) is 0 Å². The summed E-state index contributed by atoms with van der Waals surface area (Å²) in [5.74, 6) is -0.755. The highest BCUT2D eigenvalue weighted by atomic mass is 16.6. The first-order valence-corrected chi connectivity index (χ1v) is 7.27. The molecule has 0 aliphatic heterocycles. The van der Waals surface area contributed by atoms with E-state index in [0.717, 1.165) is 18.2 Å². The molecule has 2 N–H and O–H groups in total. The van der Waals surface area contributed by atoms with Gasteiger partial charge in [-0.25, -0.2) is 0 Å². The number of nitro groups is 2. The number of aliphatic hydroxyl groups excluding tert-OH is 1. The Morgan fingerprint density at radius 3 is 2.04 bits per heavy atom. The van der Waals surface area contributed by atoms with Crippen LogP contribution in [0.1, 0.15) is 28.9 Å². The summed E-state index contributed by atoms with van der Waals surface area (Å²) >= 11 is 0. The van der Waals surface area contributed by atoms with Crippen LogP contribution in [0, 0.1) is 20.2 Å². The molecule has 130 valence electrons. The van der Waals surface area contributed by atoms with Crippen molar-refractivity contribution in [1.29, 1.82) is 0 Å². The van der Waals surface area contributed by atoms with Crippen LogP contribution in [0.2, 0.25) is 0 Å². The van der Waals surface area contributed by atoms with E-state index >= 15 is 0 Å². The molecule has 2 atom stereocenters. The number of nitro benzene ring substituents is 2. The van der Waals surface area contributed by atoms with Crippen molar-refractivity contribution in [2.24, 2.45) is 0 Å². The molecular weight excluding hydrogens is 330 g/mol. The number of hydrogen-bond donors (Lipinski definition) is 2. The van der Waals surface area contributed by atoms with E-state index in [-0.39, 0.29) is 5.56 Å². The third-order valence-corrected chi connectivity index (χ3v) is 3.56. The van der Waals surface area contributed by atoms with Gasteiger partial charge < -0.3 is 10.4 Å². The Morgan fingerprint density at radius 2 is 1.56 bits per heavy atom. The number of carbonyl (C=O) groups is 1. The van der Waals surface area contributed by atoms with Crippen molar-refractivity contribution in [2.45, 2.75) is 19.1 Å². The topological polar surface area (TPSA) is 136 Å². The van der Waals surface area contributed by atoms with Gasteiger partial charge in [-0.05, 0) is 12.5 Å². The number of nitrogens with one attached hydrogen (secondary N) is 1. The molecule has 2 rings (SSSR count). The second-order valence-electron chi connectivity index (χ2n) is 5.37. The minimum Gasteiger partial charge on any atom is -0.386 e. The number of amides is 1. The molecule has 2 aromatic carbocycles. The third kappa shape index (κ3) is 4.36. The van der Waals surface area contributed by atoms with Gasteiger partial charge in [0.25, 0.3) is 17.3 Å². The number of nitrogens with zero attached hydrogens (tertiary/aromatic N) is 2. The summed E-state index contributed by atoms with van der Waals surface area (Å²) in [7, 11) is 0. The normalized spacial score (nSPS) is 12.9. The van der Waals surface area contributed by atoms with Crippen LogP contribution >= 0.6 is 0 Å². The Bertz CT molecular complexity index is 777. The largest absolute Gasteiger partial charge is 0.386 e. The number of non-ortho nitro benzene ring substituents is 2. The lowest BCUT2D eigenvalue weighted by Crippen LogP contribution is -2.37. The van der Waals surface area contributed by atoms with Crippen molar-refractivity contribution in [3.63, 3.8) is 0 Å². The lowest BCUT2D eigenvalue weighted by atomic mass is 10.0. The van der Waals surface area contributed by atoms with Crippen molar-refractivity contribution in [3.05, 3.63) is 79.9 Å². The van der Waals surface area contributed by atoms with Gasteiger partial charge in [0.05, 0.1) is 33.6 Å². The van der Waals surface area contributed by atoms with E-state index in [1.165, 1.54) is 0 Å². The minimum absolute atomic E-state index is 0.229. The Kier molecular flexibility index (Phi) is 5.40. The van der Waals surface area contributed by atoms with E-state index in [1.807, 2.05) is 0 Å². The van der Waals surface area contributed by atoms with Crippen molar-refractivity contribution >= 4 is 17.3 Å². The fourth-order valence-corrected chi connectivity index (χ4v) is 2.25. The molecule has 9 heteroatoms. The Labute approximate surface area is 142 Å². The van der Waals surface area contributed by atoms with E-state index in [2.05, 4.69) is 5.32 Å². The Balaban J connectivity index is 2.22.